The molecule has 2 N–H and O–H groups in total. The number of H-pyrrole nitrogens is 1. The van der Waals surface area contributed by atoms with Gasteiger partial charge in [0.15, 0.2) is 16.6 Å². The summed E-state index contributed by atoms with van der Waals surface area (Å²) in [6.07, 6.45) is 2.14. The Kier molecular flexibility index (Phi) is 6.69. The van der Waals surface area contributed by atoms with Crippen molar-refractivity contribution >= 4 is 28.2 Å². The zero-order valence-corrected chi connectivity index (χ0v) is 20.0. The second kappa shape index (κ2) is 10.0. The highest BCUT2D eigenvalue weighted by molar-refractivity contribution is 7.80. The van der Waals surface area contributed by atoms with Crippen LogP contribution in [0.25, 0.3) is 10.9 Å². The first-order valence-electron chi connectivity index (χ1n) is 11.7. The number of aromatic amines is 1. The summed E-state index contributed by atoms with van der Waals surface area (Å²) in [5.41, 5.74) is 2.37. The third kappa shape index (κ3) is 5.03. The fourth-order valence-corrected chi connectivity index (χ4v) is 4.78. The molecule has 3 aromatic rings. The van der Waals surface area contributed by atoms with Crippen LogP contribution in [0.3, 0.4) is 0 Å². The Morgan fingerprint density at radius 3 is 2.65 bits per heavy atom. The number of aromatic nitrogens is 1. The van der Waals surface area contributed by atoms with Crippen molar-refractivity contribution in [3.05, 3.63) is 70.0 Å². The molecule has 3 heterocycles. The van der Waals surface area contributed by atoms with Crippen molar-refractivity contribution in [3.8, 4) is 11.5 Å². The van der Waals surface area contributed by atoms with Crippen molar-refractivity contribution in [3.63, 3.8) is 0 Å². The summed E-state index contributed by atoms with van der Waals surface area (Å²) < 4.78 is 17.2. The Hall–Kier alpha value is -3.10. The van der Waals surface area contributed by atoms with Crippen LogP contribution in [0.1, 0.15) is 36.9 Å². The van der Waals surface area contributed by atoms with E-state index < -0.39 is 0 Å². The number of fused-ring (bicyclic) bond motifs is 2. The van der Waals surface area contributed by atoms with Gasteiger partial charge in [-0.3, -0.25) is 4.79 Å². The molecular formula is C26H29N3O4S. The highest BCUT2D eigenvalue weighted by atomic mass is 32.1. The maximum absolute atomic E-state index is 13.0. The van der Waals surface area contributed by atoms with Crippen molar-refractivity contribution in [2.45, 2.75) is 38.5 Å². The average Bonchev–Trinajstić information content (AvgIpc) is 3.36. The molecule has 0 saturated carbocycles. The van der Waals surface area contributed by atoms with Crippen molar-refractivity contribution in [2.24, 2.45) is 0 Å². The van der Waals surface area contributed by atoms with Gasteiger partial charge in [0.1, 0.15) is 13.2 Å². The zero-order valence-electron chi connectivity index (χ0n) is 19.2. The number of rotatable bonds is 6. The lowest BCUT2D eigenvalue weighted by Gasteiger charge is -2.30. The van der Waals surface area contributed by atoms with E-state index in [1.54, 1.807) is 0 Å². The van der Waals surface area contributed by atoms with Crippen LogP contribution < -0.4 is 20.3 Å². The quantitative estimate of drug-likeness (QED) is 0.519. The zero-order chi connectivity index (χ0) is 23.5. The number of pyridine rings is 1. The number of nitrogens with one attached hydrogen (secondary N) is 2. The van der Waals surface area contributed by atoms with Crippen LogP contribution >= 0.6 is 12.2 Å². The predicted molar refractivity (Wildman–Crippen MR) is 136 cm³/mol. The maximum atomic E-state index is 13.0. The average molecular weight is 480 g/mol. The van der Waals surface area contributed by atoms with E-state index >= 15 is 0 Å². The standard InChI is InChI=1S/C26H29N3O4S/c1-17(18-6-3-2-4-7-18)27-26(34)29(16-21-8-5-9-31-21)15-20-12-19-13-23-24(33-11-10-32-23)14-22(19)28-25(20)30/h2-4,6-7,12-14,17,21H,5,8-11,15-16H2,1H3,(H,27,34)(H,28,30). The Balaban J connectivity index is 1.40. The lowest BCUT2D eigenvalue weighted by atomic mass is 10.1. The van der Waals surface area contributed by atoms with Crippen LogP contribution in [0.4, 0.5) is 0 Å². The summed E-state index contributed by atoms with van der Waals surface area (Å²) in [5, 5.41) is 4.94. The Morgan fingerprint density at radius 1 is 1.15 bits per heavy atom. The van der Waals surface area contributed by atoms with E-state index in [0.717, 1.165) is 35.9 Å². The Labute approximate surface area is 204 Å². The molecule has 2 atom stereocenters. The van der Waals surface area contributed by atoms with Crippen molar-refractivity contribution in [1.82, 2.24) is 15.2 Å². The van der Waals surface area contributed by atoms with Gasteiger partial charge >= 0.3 is 0 Å². The molecule has 2 aliphatic rings. The highest BCUT2D eigenvalue weighted by Gasteiger charge is 2.23. The van der Waals surface area contributed by atoms with Crippen LogP contribution in [-0.2, 0) is 11.3 Å². The topological polar surface area (TPSA) is 75.8 Å². The van der Waals surface area contributed by atoms with Gasteiger partial charge in [0.05, 0.1) is 24.2 Å². The number of hydrogen-bond donors (Lipinski definition) is 2. The van der Waals surface area contributed by atoms with Gasteiger partial charge < -0.3 is 29.4 Å². The first-order chi connectivity index (χ1) is 16.6. The van der Waals surface area contributed by atoms with Crippen LogP contribution in [0.2, 0.25) is 0 Å². The number of hydrogen-bond acceptors (Lipinski definition) is 5. The monoisotopic (exact) mass is 479 g/mol. The van der Waals surface area contributed by atoms with Crippen LogP contribution in [-0.4, -0.2) is 47.5 Å². The van der Waals surface area contributed by atoms with Gasteiger partial charge in [-0.2, -0.15) is 0 Å². The molecule has 0 amide bonds. The van der Waals surface area contributed by atoms with E-state index in [1.807, 2.05) is 41.3 Å². The molecule has 0 bridgehead atoms. The van der Waals surface area contributed by atoms with Crippen molar-refractivity contribution in [2.75, 3.05) is 26.4 Å². The number of thiocarbonyl (C=S) groups is 1. The molecule has 1 fully saturated rings. The van der Waals surface area contributed by atoms with E-state index in [1.165, 1.54) is 0 Å². The highest BCUT2D eigenvalue weighted by Crippen LogP contribution is 2.33. The summed E-state index contributed by atoms with van der Waals surface area (Å²) in [5.74, 6) is 1.35. The molecule has 1 aromatic heterocycles. The lowest BCUT2D eigenvalue weighted by molar-refractivity contribution is 0.0895. The van der Waals surface area contributed by atoms with Crippen LogP contribution in [0, 0.1) is 0 Å². The summed E-state index contributed by atoms with van der Waals surface area (Å²) in [6.45, 7) is 4.88. The Bertz CT molecular complexity index is 1220. The first-order valence-corrected chi connectivity index (χ1v) is 12.2. The largest absolute Gasteiger partial charge is 0.486 e. The van der Waals surface area contributed by atoms with Gasteiger partial charge in [0.2, 0.25) is 0 Å². The van der Waals surface area contributed by atoms with Gasteiger partial charge in [-0.05, 0) is 49.7 Å². The molecule has 0 radical (unpaired) electrons. The summed E-state index contributed by atoms with van der Waals surface area (Å²) in [4.78, 5) is 18.0. The lowest BCUT2D eigenvalue weighted by Crippen LogP contribution is -2.44. The van der Waals surface area contributed by atoms with Crippen molar-refractivity contribution in [1.29, 1.82) is 0 Å². The number of benzene rings is 2. The van der Waals surface area contributed by atoms with Crippen molar-refractivity contribution < 1.29 is 14.2 Å². The molecule has 2 unspecified atom stereocenters. The minimum atomic E-state index is -0.138. The van der Waals surface area contributed by atoms with E-state index in [0.29, 0.717) is 48.5 Å². The van der Waals surface area contributed by atoms with Gasteiger partial charge in [0, 0.05) is 30.2 Å². The molecule has 0 spiro atoms. The smallest absolute Gasteiger partial charge is 0.253 e. The molecule has 0 aliphatic carbocycles. The Morgan fingerprint density at radius 2 is 1.91 bits per heavy atom. The minimum absolute atomic E-state index is 0.0410. The van der Waals surface area contributed by atoms with E-state index in [2.05, 4.69) is 29.4 Å². The molecule has 178 valence electrons. The molecule has 1 saturated heterocycles. The molecule has 7 nitrogen and oxygen atoms in total. The fraction of sp³-hybridized carbons (Fsp3) is 0.385. The first kappa shape index (κ1) is 22.7. The third-order valence-corrected chi connectivity index (χ3v) is 6.70. The molecule has 8 heteroatoms. The summed E-state index contributed by atoms with van der Waals surface area (Å²) in [6, 6.07) is 15.9. The summed E-state index contributed by atoms with van der Waals surface area (Å²) >= 11 is 5.82. The second-order valence-corrected chi connectivity index (χ2v) is 9.19. The maximum Gasteiger partial charge on any atom is 0.253 e. The number of ether oxygens (including phenoxy) is 3. The minimum Gasteiger partial charge on any atom is -0.486 e. The molecule has 34 heavy (non-hydrogen) atoms. The predicted octanol–water partition coefficient (Wildman–Crippen LogP) is 3.92. The van der Waals surface area contributed by atoms with E-state index in [9.17, 15) is 4.79 Å². The van der Waals surface area contributed by atoms with Gasteiger partial charge in [-0.1, -0.05) is 30.3 Å². The molecule has 2 aromatic carbocycles. The molecule has 2 aliphatic heterocycles. The van der Waals surface area contributed by atoms with Gasteiger partial charge in [-0.25, -0.2) is 0 Å². The number of nitrogens with zero attached hydrogens (tertiary/aromatic N) is 1. The van der Waals surface area contributed by atoms with Gasteiger partial charge in [-0.15, -0.1) is 0 Å². The normalized spacial score (nSPS) is 18.0. The SMILES string of the molecule is CC(NC(=S)N(Cc1cc2cc3c(cc2[nH]c1=O)OCCO3)CC1CCCO1)c1ccccc1. The van der Waals surface area contributed by atoms with Gasteiger partial charge in [0.25, 0.3) is 5.56 Å². The summed E-state index contributed by atoms with van der Waals surface area (Å²) in [7, 11) is 0. The second-order valence-electron chi connectivity index (χ2n) is 8.80. The molecular weight excluding hydrogens is 450 g/mol. The van der Waals surface area contributed by atoms with E-state index in [-0.39, 0.29) is 17.7 Å². The van der Waals surface area contributed by atoms with Crippen LogP contribution in [0.15, 0.2) is 53.3 Å². The molecule has 5 rings (SSSR count). The third-order valence-electron chi connectivity index (χ3n) is 6.32. The van der Waals surface area contributed by atoms with Crippen LogP contribution in [0.5, 0.6) is 11.5 Å². The van der Waals surface area contributed by atoms with E-state index in [4.69, 9.17) is 26.4 Å². The fourth-order valence-electron chi connectivity index (χ4n) is 4.47.